The Kier molecular flexibility index (Phi) is 6.10. The SMILES string of the molecule is COCC(C)NC(=O)/C=C/c1cc(Cl)c2c(c1)OCCCO2. The molecule has 1 aliphatic rings. The molecule has 0 radical (unpaired) electrons. The number of methoxy groups -OCH3 is 1. The van der Waals surface area contributed by atoms with Crippen LogP contribution in [0.15, 0.2) is 18.2 Å². The summed E-state index contributed by atoms with van der Waals surface area (Å²) < 4.78 is 16.1. The fourth-order valence-electron chi connectivity index (χ4n) is 2.10. The molecule has 0 spiro atoms. The second-order valence-corrected chi connectivity index (χ2v) is 5.49. The van der Waals surface area contributed by atoms with Crippen LogP contribution < -0.4 is 14.8 Å². The molecule has 0 fully saturated rings. The van der Waals surface area contributed by atoms with E-state index >= 15 is 0 Å². The molecular weight excluding hydrogens is 306 g/mol. The van der Waals surface area contributed by atoms with Crippen molar-refractivity contribution in [2.45, 2.75) is 19.4 Å². The first-order valence-corrected chi connectivity index (χ1v) is 7.54. The Morgan fingerprint density at radius 2 is 2.23 bits per heavy atom. The average Bonchev–Trinajstić information content (AvgIpc) is 2.71. The Labute approximate surface area is 135 Å². The highest BCUT2D eigenvalue weighted by Crippen LogP contribution is 2.38. The van der Waals surface area contributed by atoms with E-state index in [4.69, 9.17) is 25.8 Å². The number of amides is 1. The summed E-state index contributed by atoms with van der Waals surface area (Å²) >= 11 is 6.20. The third-order valence-corrected chi connectivity index (χ3v) is 3.34. The highest BCUT2D eigenvalue weighted by molar-refractivity contribution is 6.32. The second kappa shape index (κ2) is 8.06. The molecule has 120 valence electrons. The van der Waals surface area contributed by atoms with Crippen molar-refractivity contribution in [1.82, 2.24) is 5.32 Å². The molecule has 1 heterocycles. The van der Waals surface area contributed by atoms with E-state index in [2.05, 4.69) is 5.32 Å². The van der Waals surface area contributed by atoms with Crippen molar-refractivity contribution < 1.29 is 19.0 Å². The van der Waals surface area contributed by atoms with Gasteiger partial charge in [-0.1, -0.05) is 11.6 Å². The van der Waals surface area contributed by atoms with Crippen LogP contribution in [0.4, 0.5) is 0 Å². The topological polar surface area (TPSA) is 56.8 Å². The van der Waals surface area contributed by atoms with Crippen molar-refractivity contribution in [3.05, 3.63) is 28.8 Å². The first-order valence-electron chi connectivity index (χ1n) is 7.17. The molecule has 1 atom stereocenters. The predicted molar refractivity (Wildman–Crippen MR) is 85.6 cm³/mol. The monoisotopic (exact) mass is 325 g/mol. The van der Waals surface area contributed by atoms with Gasteiger partial charge in [0.2, 0.25) is 5.91 Å². The van der Waals surface area contributed by atoms with E-state index in [0.29, 0.717) is 36.3 Å². The Balaban J connectivity index is 2.06. The lowest BCUT2D eigenvalue weighted by Gasteiger charge is -2.11. The molecule has 22 heavy (non-hydrogen) atoms. The fourth-order valence-corrected chi connectivity index (χ4v) is 2.38. The third-order valence-electron chi connectivity index (χ3n) is 3.06. The molecule has 0 aliphatic carbocycles. The summed E-state index contributed by atoms with van der Waals surface area (Å²) in [7, 11) is 1.60. The quantitative estimate of drug-likeness (QED) is 0.846. The molecule has 1 aromatic rings. The molecule has 1 aliphatic heterocycles. The van der Waals surface area contributed by atoms with E-state index < -0.39 is 0 Å². The summed E-state index contributed by atoms with van der Waals surface area (Å²) in [5, 5.41) is 3.28. The van der Waals surface area contributed by atoms with E-state index in [1.54, 1.807) is 19.3 Å². The van der Waals surface area contributed by atoms with Crippen LogP contribution in [0, 0.1) is 0 Å². The molecule has 1 N–H and O–H groups in total. The van der Waals surface area contributed by atoms with Crippen molar-refractivity contribution in [3.8, 4) is 11.5 Å². The molecule has 1 aromatic carbocycles. The van der Waals surface area contributed by atoms with Gasteiger partial charge in [0.1, 0.15) is 0 Å². The van der Waals surface area contributed by atoms with Gasteiger partial charge in [-0.05, 0) is 30.7 Å². The van der Waals surface area contributed by atoms with E-state index in [-0.39, 0.29) is 11.9 Å². The number of halogens is 1. The van der Waals surface area contributed by atoms with Gasteiger partial charge in [-0.3, -0.25) is 4.79 Å². The number of ether oxygens (including phenoxy) is 3. The maximum absolute atomic E-state index is 11.8. The summed E-state index contributed by atoms with van der Waals surface area (Å²) in [6.07, 6.45) is 3.97. The van der Waals surface area contributed by atoms with E-state index in [1.165, 1.54) is 6.08 Å². The summed E-state index contributed by atoms with van der Waals surface area (Å²) in [4.78, 5) is 11.8. The normalized spacial score (nSPS) is 15.4. The van der Waals surface area contributed by atoms with Gasteiger partial charge in [-0.15, -0.1) is 0 Å². The standard InChI is InChI=1S/C16H20ClNO4/c1-11(10-20-2)18-15(19)5-4-12-8-13(17)16-14(9-12)21-6-3-7-22-16/h4-5,8-9,11H,3,6-7,10H2,1-2H3,(H,18,19)/b5-4+. The molecule has 1 unspecified atom stereocenters. The van der Waals surface area contributed by atoms with Crippen LogP contribution in [0.5, 0.6) is 11.5 Å². The lowest BCUT2D eigenvalue weighted by molar-refractivity contribution is -0.117. The second-order valence-electron chi connectivity index (χ2n) is 5.08. The van der Waals surface area contributed by atoms with Gasteiger partial charge in [0, 0.05) is 25.6 Å². The predicted octanol–water partition coefficient (Wildman–Crippen LogP) is 2.67. The first kappa shape index (κ1) is 16.6. The van der Waals surface area contributed by atoms with Gasteiger partial charge < -0.3 is 19.5 Å². The maximum atomic E-state index is 11.8. The lowest BCUT2D eigenvalue weighted by Crippen LogP contribution is -2.34. The Morgan fingerprint density at radius 1 is 1.45 bits per heavy atom. The summed E-state index contributed by atoms with van der Waals surface area (Å²) in [5.41, 5.74) is 0.781. The molecule has 2 rings (SSSR count). The molecule has 6 heteroatoms. The zero-order valence-electron chi connectivity index (χ0n) is 12.7. The van der Waals surface area contributed by atoms with Crippen LogP contribution in [-0.2, 0) is 9.53 Å². The van der Waals surface area contributed by atoms with E-state index in [0.717, 1.165) is 12.0 Å². The number of carbonyl (C=O) groups excluding carboxylic acids is 1. The zero-order chi connectivity index (χ0) is 15.9. The van der Waals surface area contributed by atoms with Crippen LogP contribution in [0.1, 0.15) is 18.9 Å². The van der Waals surface area contributed by atoms with Crippen molar-refractivity contribution in [1.29, 1.82) is 0 Å². The highest BCUT2D eigenvalue weighted by atomic mass is 35.5. The molecule has 1 amide bonds. The van der Waals surface area contributed by atoms with Crippen molar-refractivity contribution in [2.24, 2.45) is 0 Å². The van der Waals surface area contributed by atoms with Crippen LogP contribution in [-0.4, -0.2) is 38.9 Å². The zero-order valence-corrected chi connectivity index (χ0v) is 13.5. The number of nitrogens with one attached hydrogen (secondary N) is 1. The lowest BCUT2D eigenvalue weighted by atomic mass is 10.2. The van der Waals surface area contributed by atoms with Crippen LogP contribution in [0.2, 0.25) is 5.02 Å². The number of fused-ring (bicyclic) bond motifs is 1. The Bertz CT molecular complexity index is 559. The van der Waals surface area contributed by atoms with Crippen LogP contribution in [0.25, 0.3) is 6.08 Å². The number of carbonyl (C=O) groups is 1. The minimum Gasteiger partial charge on any atom is -0.489 e. The summed E-state index contributed by atoms with van der Waals surface area (Å²) in [6, 6.07) is 3.52. The largest absolute Gasteiger partial charge is 0.489 e. The van der Waals surface area contributed by atoms with Gasteiger partial charge >= 0.3 is 0 Å². The first-order chi connectivity index (χ1) is 10.6. The van der Waals surface area contributed by atoms with Crippen molar-refractivity contribution in [2.75, 3.05) is 26.9 Å². The molecule has 5 nitrogen and oxygen atoms in total. The smallest absolute Gasteiger partial charge is 0.244 e. The minimum atomic E-state index is -0.187. The van der Waals surface area contributed by atoms with Crippen molar-refractivity contribution in [3.63, 3.8) is 0 Å². The summed E-state index contributed by atoms with van der Waals surface area (Å²) in [5.74, 6) is 0.986. The number of hydrogen-bond acceptors (Lipinski definition) is 4. The number of rotatable bonds is 5. The maximum Gasteiger partial charge on any atom is 0.244 e. The Hall–Kier alpha value is -1.72. The number of hydrogen-bond donors (Lipinski definition) is 1. The third kappa shape index (κ3) is 4.64. The van der Waals surface area contributed by atoms with Gasteiger partial charge in [0.25, 0.3) is 0 Å². The molecule has 0 aromatic heterocycles. The molecule has 0 saturated heterocycles. The minimum absolute atomic E-state index is 0.0467. The molecular formula is C16H20ClNO4. The average molecular weight is 326 g/mol. The van der Waals surface area contributed by atoms with Gasteiger partial charge in [-0.2, -0.15) is 0 Å². The van der Waals surface area contributed by atoms with Gasteiger partial charge in [-0.25, -0.2) is 0 Å². The van der Waals surface area contributed by atoms with Gasteiger partial charge in [0.15, 0.2) is 11.5 Å². The fraction of sp³-hybridized carbons (Fsp3) is 0.438. The van der Waals surface area contributed by atoms with Gasteiger partial charge in [0.05, 0.1) is 24.8 Å². The highest BCUT2D eigenvalue weighted by Gasteiger charge is 2.15. The number of benzene rings is 1. The van der Waals surface area contributed by atoms with Crippen LogP contribution >= 0.6 is 11.6 Å². The van der Waals surface area contributed by atoms with E-state index in [9.17, 15) is 4.79 Å². The molecule has 0 saturated carbocycles. The van der Waals surface area contributed by atoms with E-state index in [1.807, 2.05) is 13.0 Å². The summed E-state index contributed by atoms with van der Waals surface area (Å²) in [6.45, 7) is 3.52. The van der Waals surface area contributed by atoms with Crippen LogP contribution in [0.3, 0.4) is 0 Å². The molecule has 0 bridgehead atoms. The Morgan fingerprint density at radius 3 is 3.00 bits per heavy atom. The van der Waals surface area contributed by atoms with Crippen molar-refractivity contribution >= 4 is 23.6 Å².